The molecular formula is C30H31F6NO3. The Labute approximate surface area is 228 Å². The van der Waals surface area contributed by atoms with Crippen LogP contribution in [0.4, 0.5) is 26.3 Å². The summed E-state index contributed by atoms with van der Waals surface area (Å²) in [5.74, 6) is 0.245. The first kappa shape index (κ1) is 27.4. The zero-order valence-corrected chi connectivity index (χ0v) is 22.1. The number of nitrogens with zero attached hydrogens (tertiary/aromatic N) is 1. The Kier molecular flexibility index (Phi) is 6.26. The van der Waals surface area contributed by atoms with Crippen LogP contribution in [0.5, 0.6) is 5.75 Å². The Bertz CT molecular complexity index is 1340. The maximum absolute atomic E-state index is 13.9. The third-order valence-electron chi connectivity index (χ3n) is 9.91. The molecule has 10 heteroatoms. The molecule has 1 spiro atoms. The molecule has 5 aliphatic rings. The fourth-order valence-electron chi connectivity index (χ4n) is 7.83. The third kappa shape index (κ3) is 4.46. The molecular weight excluding hydrogens is 536 g/mol. The van der Waals surface area contributed by atoms with Gasteiger partial charge in [-0.15, -0.1) is 0 Å². The molecule has 0 aromatic heterocycles. The Balaban J connectivity index is 1.28. The number of carboxylic acids is 1. The van der Waals surface area contributed by atoms with Gasteiger partial charge in [-0.3, -0.25) is 9.69 Å². The van der Waals surface area contributed by atoms with E-state index in [4.69, 9.17) is 4.74 Å². The largest absolute Gasteiger partial charge is 0.486 e. The molecule has 3 heterocycles. The third-order valence-corrected chi connectivity index (χ3v) is 9.91. The molecule has 0 amide bonds. The standard InChI is InChI=1S/C30H31F6NO3/c1-15(27(38)39)9-17-3-4-18-7-8-28(40-25(18)10-17)20-12-22-23(26(22)28)14-37(13-20)16(2)21-11-19(29(31,32)33)5-6-24(21)30(34,35)36/h3-6,10-11,15-16,20,22-23,26H,7-9,12-14H2,1-2H3,(H,38,39)/t15-,16+,20+,22?,23-,26-,28?/m0/s1. The maximum Gasteiger partial charge on any atom is 0.416 e. The summed E-state index contributed by atoms with van der Waals surface area (Å²) >= 11 is 0. The Morgan fingerprint density at radius 3 is 2.48 bits per heavy atom. The summed E-state index contributed by atoms with van der Waals surface area (Å²) in [7, 11) is 0. The highest BCUT2D eigenvalue weighted by Crippen LogP contribution is 2.70. The first-order valence-corrected chi connectivity index (χ1v) is 13.7. The minimum Gasteiger partial charge on any atom is -0.486 e. The Morgan fingerprint density at radius 1 is 1.05 bits per heavy atom. The smallest absolute Gasteiger partial charge is 0.416 e. The summed E-state index contributed by atoms with van der Waals surface area (Å²) in [4.78, 5) is 13.3. The van der Waals surface area contributed by atoms with Crippen LogP contribution in [-0.2, 0) is 30.0 Å². The topological polar surface area (TPSA) is 49.8 Å². The van der Waals surface area contributed by atoms with E-state index >= 15 is 0 Å². The first-order valence-electron chi connectivity index (χ1n) is 13.7. The van der Waals surface area contributed by atoms with Crippen LogP contribution in [0.15, 0.2) is 36.4 Å². The van der Waals surface area contributed by atoms with Crippen molar-refractivity contribution in [3.05, 3.63) is 64.2 Å². The van der Waals surface area contributed by atoms with Crippen LogP contribution in [0, 0.1) is 29.6 Å². The van der Waals surface area contributed by atoms with Gasteiger partial charge in [-0.1, -0.05) is 19.1 Å². The highest BCUT2D eigenvalue weighted by Gasteiger charge is 2.73. The van der Waals surface area contributed by atoms with Gasteiger partial charge in [0.25, 0.3) is 0 Å². The van der Waals surface area contributed by atoms with E-state index in [1.54, 1.807) is 13.8 Å². The molecule has 2 saturated heterocycles. The molecule has 216 valence electrons. The highest BCUT2D eigenvalue weighted by molar-refractivity contribution is 5.70. The number of alkyl halides is 6. The van der Waals surface area contributed by atoms with Gasteiger partial charge in [-0.2, -0.15) is 26.3 Å². The van der Waals surface area contributed by atoms with Gasteiger partial charge in [-0.05, 0) is 85.4 Å². The molecule has 4 fully saturated rings. The SMILES string of the molecule is C[C@H](c1cc(C(F)(F)F)ccc1C(F)(F)F)N1C[C@H]2CC3[C@H](C1)[C@H]3C21CCc2ccc(C[C@H](C)C(=O)O)cc2O1. The molecule has 2 aromatic rings. The molecule has 4 bridgehead atoms. The molecule has 40 heavy (non-hydrogen) atoms. The molecule has 3 aliphatic heterocycles. The van der Waals surface area contributed by atoms with Gasteiger partial charge in [0.2, 0.25) is 0 Å². The van der Waals surface area contributed by atoms with E-state index in [0.29, 0.717) is 43.6 Å². The van der Waals surface area contributed by atoms with Crippen molar-refractivity contribution in [1.29, 1.82) is 0 Å². The van der Waals surface area contributed by atoms with Gasteiger partial charge >= 0.3 is 18.3 Å². The van der Waals surface area contributed by atoms with E-state index in [1.807, 2.05) is 23.1 Å². The minimum absolute atomic E-state index is 0.0404. The normalized spacial score (nSPS) is 30.8. The van der Waals surface area contributed by atoms with Crippen molar-refractivity contribution in [2.75, 3.05) is 13.1 Å². The number of fused-ring (bicyclic) bond motifs is 3. The fourth-order valence-corrected chi connectivity index (χ4v) is 7.83. The lowest BCUT2D eigenvalue weighted by Gasteiger charge is -2.43. The molecule has 2 unspecified atom stereocenters. The number of benzene rings is 2. The van der Waals surface area contributed by atoms with Crippen molar-refractivity contribution in [3.8, 4) is 5.75 Å². The van der Waals surface area contributed by atoms with Crippen molar-refractivity contribution in [2.24, 2.45) is 29.6 Å². The number of ether oxygens (including phenoxy) is 1. The monoisotopic (exact) mass is 567 g/mol. The Morgan fingerprint density at radius 2 is 1.80 bits per heavy atom. The number of halogens is 6. The van der Waals surface area contributed by atoms with Crippen LogP contribution in [0.1, 0.15) is 60.5 Å². The first-order chi connectivity index (χ1) is 18.7. The van der Waals surface area contributed by atoms with Gasteiger partial charge < -0.3 is 9.84 Å². The number of aryl methyl sites for hydroxylation is 1. The second-order valence-corrected chi connectivity index (χ2v) is 12.2. The molecule has 2 aliphatic carbocycles. The molecule has 0 radical (unpaired) electrons. The summed E-state index contributed by atoms with van der Waals surface area (Å²) in [6.45, 7) is 4.20. The van der Waals surface area contributed by atoms with Gasteiger partial charge in [0.15, 0.2) is 0 Å². The molecule has 4 nitrogen and oxygen atoms in total. The van der Waals surface area contributed by atoms with Gasteiger partial charge in [0.1, 0.15) is 11.4 Å². The number of carbonyl (C=O) groups is 1. The molecule has 7 atom stereocenters. The lowest BCUT2D eigenvalue weighted by atomic mass is 9.78. The van der Waals surface area contributed by atoms with Crippen molar-refractivity contribution in [2.45, 2.75) is 63.5 Å². The Hall–Kier alpha value is -2.75. The van der Waals surface area contributed by atoms with Crippen LogP contribution in [-0.4, -0.2) is 34.7 Å². The molecule has 2 saturated carbocycles. The van der Waals surface area contributed by atoms with Crippen molar-refractivity contribution >= 4 is 5.97 Å². The number of hydrogen-bond acceptors (Lipinski definition) is 3. The number of carboxylic acid groups (broad SMARTS) is 1. The molecule has 2 aromatic carbocycles. The van der Waals surface area contributed by atoms with E-state index in [9.17, 15) is 36.2 Å². The maximum atomic E-state index is 13.9. The van der Waals surface area contributed by atoms with E-state index in [0.717, 1.165) is 36.1 Å². The van der Waals surface area contributed by atoms with E-state index in [2.05, 4.69) is 0 Å². The minimum atomic E-state index is -4.77. The molecule has 1 N–H and O–H groups in total. The quantitative estimate of drug-likeness (QED) is 0.395. The van der Waals surface area contributed by atoms with Gasteiger partial charge in [0.05, 0.1) is 17.0 Å². The average Bonchev–Trinajstić information content (AvgIpc) is 3.55. The molecule has 7 rings (SSSR count). The van der Waals surface area contributed by atoms with Crippen LogP contribution >= 0.6 is 0 Å². The summed E-state index contributed by atoms with van der Waals surface area (Å²) in [5, 5.41) is 9.31. The summed E-state index contributed by atoms with van der Waals surface area (Å²) in [6, 6.07) is 6.71. The van der Waals surface area contributed by atoms with Crippen molar-refractivity contribution in [1.82, 2.24) is 4.90 Å². The van der Waals surface area contributed by atoms with Crippen LogP contribution in [0.2, 0.25) is 0 Å². The summed E-state index contributed by atoms with van der Waals surface area (Å²) in [5.41, 5.74) is -0.993. The van der Waals surface area contributed by atoms with Crippen LogP contribution in [0.25, 0.3) is 0 Å². The lowest BCUT2D eigenvalue weighted by Crippen LogP contribution is -2.48. The summed E-state index contributed by atoms with van der Waals surface area (Å²) < 4.78 is 88.8. The number of rotatable bonds is 5. The zero-order chi connectivity index (χ0) is 28.8. The van der Waals surface area contributed by atoms with Crippen molar-refractivity contribution in [3.63, 3.8) is 0 Å². The van der Waals surface area contributed by atoms with Crippen molar-refractivity contribution < 1.29 is 41.0 Å². The van der Waals surface area contributed by atoms with Gasteiger partial charge in [-0.25, -0.2) is 0 Å². The predicted octanol–water partition coefficient (Wildman–Crippen LogP) is 7.01. The van der Waals surface area contributed by atoms with Crippen LogP contribution < -0.4 is 4.74 Å². The van der Waals surface area contributed by atoms with E-state index in [-0.39, 0.29) is 23.3 Å². The highest BCUT2D eigenvalue weighted by atomic mass is 19.4. The predicted molar refractivity (Wildman–Crippen MR) is 134 cm³/mol. The lowest BCUT2D eigenvalue weighted by molar-refractivity contribution is -0.142. The van der Waals surface area contributed by atoms with Gasteiger partial charge in [0, 0.05) is 31.0 Å². The van der Waals surface area contributed by atoms with E-state index in [1.165, 1.54) is 0 Å². The number of aliphatic carboxylic acids is 1. The average molecular weight is 568 g/mol. The second kappa shape index (κ2) is 9.13. The van der Waals surface area contributed by atoms with E-state index < -0.39 is 47.0 Å². The second-order valence-electron chi connectivity index (χ2n) is 12.2. The van der Waals surface area contributed by atoms with Crippen LogP contribution in [0.3, 0.4) is 0 Å². The summed E-state index contributed by atoms with van der Waals surface area (Å²) in [6.07, 6.45) is -6.67. The fraction of sp³-hybridized carbons (Fsp3) is 0.567. The number of hydrogen-bond donors (Lipinski definition) is 1. The zero-order valence-electron chi connectivity index (χ0n) is 22.1.